The quantitative estimate of drug-likeness (QED) is 0.481. The fourth-order valence-corrected chi connectivity index (χ4v) is 4.95. The number of fused-ring (bicyclic) bond motifs is 5. The first-order valence-electron chi connectivity index (χ1n) is 9.35. The summed E-state index contributed by atoms with van der Waals surface area (Å²) < 4.78 is 5.75. The van der Waals surface area contributed by atoms with Gasteiger partial charge in [-0.3, -0.25) is 9.59 Å². The lowest BCUT2D eigenvalue weighted by Crippen LogP contribution is -2.39. The van der Waals surface area contributed by atoms with E-state index in [1.165, 1.54) is 5.01 Å². The number of carbonyl (C=O) groups excluding carboxylic acids is 2. The highest BCUT2D eigenvalue weighted by molar-refractivity contribution is 6.06. The predicted octanol–water partition coefficient (Wildman–Crippen LogP) is 2.64. The van der Waals surface area contributed by atoms with Crippen LogP contribution in [0, 0.1) is 11.8 Å². The van der Waals surface area contributed by atoms with E-state index < -0.39 is 0 Å². The Morgan fingerprint density at radius 3 is 1.56 bits per heavy atom. The van der Waals surface area contributed by atoms with E-state index in [1.807, 2.05) is 53.6 Å². The molecule has 2 amide bonds. The second kappa shape index (κ2) is 5.38. The van der Waals surface area contributed by atoms with Crippen molar-refractivity contribution in [3.05, 3.63) is 83.9 Å². The van der Waals surface area contributed by atoms with E-state index in [4.69, 9.17) is 4.74 Å². The molecule has 4 heterocycles. The SMILES string of the molecule is O=C1[C@@H]2[C@H](C(=O)N1N1[C@H](c3ccccc3)[C@@H]1c1ccccc1)[C@H]1C=C[C@@H]2O1. The van der Waals surface area contributed by atoms with Crippen molar-refractivity contribution in [2.24, 2.45) is 11.8 Å². The van der Waals surface area contributed by atoms with E-state index >= 15 is 0 Å². The summed E-state index contributed by atoms with van der Waals surface area (Å²) in [5.41, 5.74) is 2.22. The monoisotopic (exact) mass is 358 g/mol. The van der Waals surface area contributed by atoms with Crippen molar-refractivity contribution in [2.75, 3.05) is 0 Å². The third kappa shape index (κ3) is 2.01. The van der Waals surface area contributed by atoms with Crippen LogP contribution in [0.25, 0.3) is 0 Å². The number of nitrogens with zero attached hydrogens (tertiary/aromatic N) is 2. The van der Waals surface area contributed by atoms with E-state index in [9.17, 15) is 9.59 Å². The van der Waals surface area contributed by atoms with Crippen LogP contribution in [-0.4, -0.2) is 34.0 Å². The van der Waals surface area contributed by atoms with Gasteiger partial charge in [-0.25, -0.2) is 5.01 Å². The van der Waals surface area contributed by atoms with Gasteiger partial charge in [-0.1, -0.05) is 72.8 Å². The molecule has 4 aliphatic rings. The summed E-state index contributed by atoms with van der Waals surface area (Å²) >= 11 is 0. The van der Waals surface area contributed by atoms with Crippen LogP contribution in [0.1, 0.15) is 23.2 Å². The zero-order valence-corrected chi connectivity index (χ0v) is 14.5. The first kappa shape index (κ1) is 15.3. The molecule has 0 N–H and O–H groups in total. The van der Waals surface area contributed by atoms with Crippen molar-refractivity contribution in [1.82, 2.24) is 10.0 Å². The van der Waals surface area contributed by atoms with Gasteiger partial charge in [0.05, 0.1) is 36.1 Å². The smallest absolute Gasteiger partial charge is 0.251 e. The van der Waals surface area contributed by atoms with Gasteiger partial charge in [0.1, 0.15) is 0 Å². The van der Waals surface area contributed by atoms with Crippen LogP contribution in [0.15, 0.2) is 72.8 Å². The van der Waals surface area contributed by atoms with E-state index in [0.29, 0.717) is 0 Å². The molecule has 7 atom stereocenters. The molecular formula is C22H18N2O3. The highest BCUT2D eigenvalue weighted by atomic mass is 16.5. The Morgan fingerprint density at radius 2 is 1.11 bits per heavy atom. The Kier molecular flexibility index (Phi) is 3.05. The number of amides is 2. The van der Waals surface area contributed by atoms with E-state index in [1.54, 1.807) is 0 Å². The Morgan fingerprint density at radius 1 is 0.667 bits per heavy atom. The van der Waals surface area contributed by atoms with Gasteiger partial charge in [-0.2, -0.15) is 5.01 Å². The van der Waals surface area contributed by atoms with Crippen LogP contribution in [0.5, 0.6) is 0 Å². The molecule has 6 rings (SSSR count). The molecule has 5 heteroatoms. The molecule has 4 aliphatic heterocycles. The highest BCUT2D eigenvalue weighted by Crippen LogP contribution is 2.58. The summed E-state index contributed by atoms with van der Waals surface area (Å²) in [6.45, 7) is 0. The molecule has 3 fully saturated rings. The number of imide groups is 1. The third-order valence-electron chi connectivity index (χ3n) is 6.18. The molecule has 2 aromatic carbocycles. The lowest BCUT2D eigenvalue weighted by atomic mass is 9.85. The average Bonchev–Trinajstić information content (AvgIpc) is 2.99. The number of carbonyl (C=O) groups is 2. The minimum Gasteiger partial charge on any atom is -0.365 e. The highest BCUT2D eigenvalue weighted by Gasteiger charge is 2.66. The normalized spacial score (nSPS) is 38.5. The summed E-state index contributed by atoms with van der Waals surface area (Å²) in [5.74, 6) is -0.996. The van der Waals surface area contributed by atoms with Gasteiger partial charge in [0, 0.05) is 0 Å². The summed E-state index contributed by atoms with van der Waals surface area (Å²) in [6, 6.07) is 20.1. The fourth-order valence-electron chi connectivity index (χ4n) is 4.95. The van der Waals surface area contributed by atoms with E-state index in [0.717, 1.165) is 11.1 Å². The number of hydrazine groups is 1. The van der Waals surface area contributed by atoms with Gasteiger partial charge in [0.15, 0.2) is 0 Å². The van der Waals surface area contributed by atoms with Crippen molar-refractivity contribution in [1.29, 1.82) is 0 Å². The largest absolute Gasteiger partial charge is 0.365 e. The predicted molar refractivity (Wildman–Crippen MR) is 96.8 cm³/mol. The van der Waals surface area contributed by atoms with Crippen LogP contribution >= 0.6 is 0 Å². The van der Waals surface area contributed by atoms with Crippen LogP contribution in [0.2, 0.25) is 0 Å². The molecule has 27 heavy (non-hydrogen) atoms. The second-order valence-corrected chi connectivity index (χ2v) is 7.58. The average molecular weight is 358 g/mol. The van der Waals surface area contributed by atoms with Gasteiger partial charge in [0.25, 0.3) is 11.8 Å². The molecule has 5 nitrogen and oxygen atoms in total. The summed E-state index contributed by atoms with van der Waals surface area (Å²) in [7, 11) is 0. The number of hydrogen-bond acceptors (Lipinski definition) is 4. The summed E-state index contributed by atoms with van der Waals surface area (Å²) in [4.78, 5) is 26.3. The van der Waals surface area contributed by atoms with Crippen molar-refractivity contribution < 1.29 is 14.3 Å². The molecule has 134 valence electrons. The lowest BCUT2D eigenvalue weighted by Gasteiger charge is -2.20. The van der Waals surface area contributed by atoms with Crippen LogP contribution in [0.3, 0.4) is 0 Å². The van der Waals surface area contributed by atoms with Crippen molar-refractivity contribution in [2.45, 2.75) is 24.3 Å². The van der Waals surface area contributed by atoms with Gasteiger partial charge >= 0.3 is 0 Å². The molecule has 2 bridgehead atoms. The van der Waals surface area contributed by atoms with Gasteiger partial charge in [-0.15, -0.1) is 0 Å². The first-order chi connectivity index (χ1) is 13.3. The van der Waals surface area contributed by atoms with Gasteiger partial charge < -0.3 is 4.74 Å². The maximum Gasteiger partial charge on any atom is 0.251 e. The first-order valence-corrected chi connectivity index (χ1v) is 9.35. The van der Waals surface area contributed by atoms with E-state index in [-0.39, 0.29) is 47.9 Å². The maximum atomic E-state index is 13.2. The molecular weight excluding hydrogens is 340 g/mol. The summed E-state index contributed by atoms with van der Waals surface area (Å²) in [5, 5.41) is 3.37. The number of hydrogen-bond donors (Lipinski definition) is 0. The maximum absolute atomic E-state index is 13.2. The number of benzene rings is 2. The second-order valence-electron chi connectivity index (χ2n) is 7.58. The number of ether oxygens (including phenoxy) is 1. The van der Waals surface area contributed by atoms with Crippen LogP contribution in [0.4, 0.5) is 0 Å². The molecule has 0 aromatic heterocycles. The minimum atomic E-state index is -0.374. The molecule has 0 spiro atoms. The Labute approximate surface area is 156 Å². The molecule has 1 unspecified atom stereocenters. The van der Waals surface area contributed by atoms with Crippen molar-refractivity contribution in [3.8, 4) is 0 Å². The van der Waals surface area contributed by atoms with Crippen LogP contribution in [-0.2, 0) is 14.3 Å². The van der Waals surface area contributed by atoms with Crippen molar-refractivity contribution in [3.63, 3.8) is 0 Å². The summed E-state index contributed by atoms with van der Waals surface area (Å²) in [6.07, 6.45) is 3.33. The third-order valence-corrected chi connectivity index (χ3v) is 6.18. The van der Waals surface area contributed by atoms with Crippen molar-refractivity contribution >= 4 is 11.8 Å². The Balaban J connectivity index is 1.39. The van der Waals surface area contributed by atoms with E-state index in [2.05, 4.69) is 24.3 Å². The Bertz CT molecular complexity index is 883. The minimum absolute atomic E-state index is 0.00754. The standard InChI is InChI=1S/C22H18N2O3/c25-21-17-15-11-12-16(27-15)18(17)22(26)24(21)23-19(13-7-3-1-4-8-13)20(23)14-9-5-2-6-10-14/h1-12,15-20H/t15-,16+,17-,18+,19-,20+,23?. The Hall–Kier alpha value is -2.76. The molecule has 0 radical (unpaired) electrons. The molecule has 0 aliphatic carbocycles. The molecule has 2 aromatic rings. The fraction of sp³-hybridized carbons (Fsp3) is 0.273. The lowest BCUT2D eigenvalue weighted by molar-refractivity contribution is -0.154. The zero-order chi connectivity index (χ0) is 18.1. The van der Waals surface area contributed by atoms with Crippen LogP contribution < -0.4 is 0 Å². The number of rotatable bonds is 3. The zero-order valence-electron chi connectivity index (χ0n) is 14.5. The topological polar surface area (TPSA) is 49.6 Å². The van der Waals surface area contributed by atoms with Gasteiger partial charge in [-0.05, 0) is 11.1 Å². The molecule has 0 saturated carbocycles. The molecule has 3 saturated heterocycles. The van der Waals surface area contributed by atoms with Gasteiger partial charge in [0.2, 0.25) is 0 Å².